The van der Waals surface area contributed by atoms with Crippen LogP contribution in [0, 0.1) is 0 Å². The maximum Gasteiger partial charge on any atom is 0.295 e. The summed E-state index contributed by atoms with van der Waals surface area (Å²) in [5.74, 6) is 0.235. The van der Waals surface area contributed by atoms with E-state index < -0.39 is 11.6 Å². The van der Waals surface area contributed by atoms with Crippen LogP contribution in [0.4, 0.5) is 0 Å². The maximum atomic E-state index is 12.7. The average molecular weight is 633 g/mol. The Kier molecular flexibility index (Phi) is 9.29. The van der Waals surface area contributed by atoms with Gasteiger partial charge in [0.15, 0.2) is 11.9 Å². The fraction of sp³-hybridized carbons (Fsp3) is 0.429. The second-order valence-electron chi connectivity index (χ2n) is 12.8. The average Bonchev–Trinajstić information content (AvgIpc) is 3.72. The maximum absolute atomic E-state index is 12.7. The monoisotopic (exact) mass is 632 g/mol. The lowest BCUT2D eigenvalue weighted by Crippen LogP contribution is -2.46. The molecule has 0 unspecified atom stereocenters. The van der Waals surface area contributed by atoms with Crippen LogP contribution in [0.15, 0.2) is 60.7 Å². The van der Waals surface area contributed by atoms with Crippen molar-refractivity contribution in [3.63, 3.8) is 0 Å². The van der Waals surface area contributed by atoms with Crippen LogP contribution in [0.1, 0.15) is 32.3 Å². The van der Waals surface area contributed by atoms with Crippen LogP contribution in [0.2, 0.25) is 5.02 Å². The summed E-state index contributed by atoms with van der Waals surface area (Å²) in [7, 11) is 4.05. The largest absolute Gasteiger partial charge is 0.456 e. The summed E-state index contributed by atoms with van der Waals surface area (Å²) in [5.41, 5.74) is 6.12. The molecule has 0 amide bonds. The minimum atomic E-state index is -0.632. The van der Waals surface area contributed by atoms with Gasteiger partial charge in [-0.2, -0.15) is 4.98 Å². The van der Waals surface area contributed by atoms with Crippen molar-refractivity contribution in [2.45, 2.75) is 63.2 Å². The van der Waals surface area contributed by atoms with Gasteiger partial charge in [-0.3, -0.25) is 4.79 Å². The molecule has 45 heavy (non-hydrogen) atoms. The van der Waals surface area contributed by atoms with Crippen molar-refractivity contribution in [3.8, 4) is 28.3 Å². The van der Waals surface area contributed by atoms with E-state index in [4.69, 9.17) is 25.8 Å². The highest BCUT2D eigenvalue weighted by Crippen LogP contribution is 2.35. The molecule has 3 heterocycles. The summed E-state index contributed by atoms with van der Waals surface area (Å²) < 4.78 is 17.4. The van der Waals surface area contributed by atoms with Gasteiger partial charge in [-0.1, -0.05) is 60.1 Å². The van der Waals surface area contributed by atoms with Crippen LogP contribution >= 0.6 is 11.6 Å². The van der Waals surface area contributed by atoms with Crippen molar-refractivity contribution in [1.82, 2.24) is 20.2 Å². The van der Waals surface area contributed by atoms with Crippen LogP contribution in [0.25, 0.3) is 33.3 Å². The molecule has 3 N–H and O–H groups in total. The van der Waals surface area contributed by atoms with Gasteiger partial charge >= 0.3 is 0 Å². The number of aromatic nitrogens is 2. The molecule has 2 saturated heterocycles. The molecule has 0 radical (unpaired) electrons. The Balaban J connectivity index is 1.08. The number of imidazole rings is 1. The van der Waals surface area contributed by atoms with E-state index in [-0.39, 0.29) is 30.7 Å². The Morgan fingerprint density at radius 3 is 2.42 bits per heavy atom. The number of carbonyl (C=O) groups is 1. The molecular weight excluding hydrogens is 592 g/mol. The van der Waals surface area contributed by atoms with E-state index in [0.717, 1.165) is 51.8 Å². The number of ether oxygens (including phenoxy) is 3. The second kappa shape index (κ2) is 13.2. The van der Waals surface area contributed by atoms with E-state index in [1.807, 2.05) is 40.1 Å². The summed E-state index contributed by atoms with van der Waals surface area (Å²) in [6, 6.07) is 20.9. The Labute approximate surface area is 268 Å². The number of rotatable bonds is 12. The van der Waals surface area contributed by atoms with Crippen LogP contribution in [0.5, 0.6) is 6.01 Å². The number of nitrogens with one attached hydrogen (secondary N) is 2. The van der Waals surface area contributed by atoms with Crippen molar-refractivity contribution in [1.29, 1.82) is 0 Å². The summed E-state index contributed by atoms with van der Waals surface area (Å²) in [6.45, 7) is 6.03. The van der Waals surface area contributed by atoms with Gasteiger partial charge in [0.1, 0.15) is 18.3 Å². The number of nitrogens with zero attached hydrogens (tertiary/aromatic N) is 2. The summed E-state index contributed by atoms with van der Waals surface area (Å²) in [6.07, 6.45) is -0.222. The summed E-state index contributed by atoms with van der Waals surface area (Å²) >= 11 is 6.71. The van der Waals surface area contributed by atoms with E-state index in [1.165, 1.54) is 0 Å². The lowest BCUT2D eigenvalue weighted by atomic mass is 9.94. The molecule has 2 fully saturated rings. The molecule has 9 nitrogen and oxygen atoms in total. The van der Waals surface area contributed by atoms with Gasteiger partial charge in [-0.05, 0) is 75.3 Å². The van der Waals surface area contributed by atoms with Crippen LogP contribution in [0.3, 0.4) is 0 Å². The number of hydrogen-bond donors (Lipinski definition) is 3. The first kappa shape index (κ1) is 31.7. The Hall–Kier alpha value is -3.31. The van der Waals surface area contributed by atoms with Crippen molar-refractivity contribution in [2.75, 3.05) is 33.9 Å². The van der Waals surface area contributed by atoms with E-state index in [2.05, 4.69) is 68.7 Å². The molecule has 4 atom stereocenters. The number of hydrogen-bond acceptors (Lipinski definition) is 8. The normalized spacial score (nSPS) is 21.5. The third-order valence-electron chi connectivity index (χ3n) is 8.72. The van der Waals surface area contributed by atoms with Crippen LogP contribution < -0.4 is 10.1 Å². The van der Waals surface area contributed by atoms with Gasteiger partial charge < -0.3 is 34.5 Å². The molecule has 1 aromatic heterocycles. The first-order chi connectivity index (χ1) is 21.6. The molecule has 0 spiro atoms. The predicted octanol–water partition coefficient (Wildman–Crippen LogP) is 5.24. The van der Waals surface area contributed by atoms with Crippen molar-refractivity contribution < 1.29 is 24.1 Å². The van der Waals surface area contributed by atoms with Gasteiger partial charge in [-0.25, -0.2) is 0 Å². The minimum Gasteiger partial charge on any atom is -0.456 e. The van der Waals surface area contributed by atoms with Crippen molar-refractivity contribution >= 4 is 28.4 Å². The third kappa shape index (κ3) is 7.09. The lowest BCUT2D eigenvalue weighted by molar-refractivity contribution is -0.124. The van der Waals surface area contributed by atoms with Gasteiger partial charge in [-0.15, -0.1) is 0 Å². The summed E-state index contributed by atoms with van der Waals surface area (Å²) in [5, 5.41) is 14.0. The molecule has 10 heteroatoms. The molecule has 4 aromatic rings. The number of aromatic amines is 1. The zero-order chi connectivity index (χ0) is 31.7. The number of ketones is 1. The molecule has 2 aliphatic heterocycles. The number of Topliss-reactive ketones (excluding diaryl/α,β-unsaturated/α-hetero) is 1. The first-order valence-corrected chi connectivity index (χ1v) is 15.9. The second-order valence-corrected chi connectivity index (χ2v) is 13.2. The molecule has 238 valence electrons. The number of aliphatic hydroxyl groups is 1. The third-order valence-corrected chi connectivity index (χ3v) is 9.03. The van der Waals surface area contributed by atoms with Crippen molar-refractivity contribution in [2.24, 2.45) is 0 Å². The van der Waals surface area contributed by atoms with Crippen LogP contribution in [-0.2, 0) is 20.8 Å². The SMILES string of the molecule is CN(C)CCCC(=O)C(C)(C)NCc1ccc(-c2ccc(-c3cc4nc(O[C@@H]5CO[C@H]6[C@@H]5OC[C@H]6O)[nH]c4cc3Cl)cc2)cc1. The topological polar surface area (TPSA) is 109 Å². The minimum absolute atomic E-state index is 0.235. The van der Waals surface area contributed by atoms with E-state index in [1.54, 1.807) is 0 Å². The lowest BCUT2D eigenvalue weighted by Gasteiger charge is -2.25. The number of benzene rings is 3. The Bertz CT molecular complexity index is 1640. The molecule has 0 bridgehead atoms. The molecule has 0 aliphatic carbocycles. The number of carbonyl (C=O) groups excluding carboxylic acids is 1. The highest BCUT2D eigenvalue weighted by Gasteiger charge is 2.48. The molecule has 0 saturated carbocycles. The predicted molar refractivity (Wildman–Crippen MR) is 176 cm³/mol. The number of fused-ring (bicyclic) bond motifs is 2. The van der Waals surface area contributed by atoms with Gasteiger partial charge in [0.25, 0.3) is 6.01 Å². The highest BCUT2D eigenvalue weighted by molar-refractivity contribution is 6.34. The van der Waals surface area contributed by atoms with Gasteiger partial charge in [0.2, 0.25) is 0 Å². The van der Waals surface area contributed by atoms with E-state index in [0.29, 0.717) is 30.6 Å². The number of aliphatic hydroxyl groups excluding tert-OH is 1. The fourth-order valence-electron chi connectivity index (χ4n) is 5.92. The van der Waals surface area contributed by atoms with Crippen LogP contribution in [-0.4, -0.2) is 89.6 Å². The Morgan fingerprint density at radius 1 is 1.04 bits per heavy atom. The number of halogens is 1. The quantitative estimate of drug-likeness (QED) is 0.195. The number of H-pyrrole nitrogens is 1. The summed E-state index contributed by atoms with van der Waals surface area (Å²) in [4.78, 5) is 22.6. The molecule has 2 aliphatic rings. The highest BCUT2D eigenvalue weighted by atomic mass is 35.5. The first-order valence-electron chi connectivity index (χ1n) is 15.5. The van der Waals surface area contributed by atoms with Gasteiger partial charge in [0.05, 0.1) is 34.8 Å². The van der Waals surface area contributed by atoms with Gasteiger partial charge in [0, 0.05) is 18.5 Å². The molecular formula is C35H41ClN4O5. The Morgan fingerprint density at radius 2 is 1.71 bits per heavy atom. The smallest absolute Gasteiger partial charge is 0.295 e. The zero-order valence-corrected chi connectivity index (χ0v) is 26.9. The fourth-order valence-corrected chi connectivity index (χ4v) is 6.19. The van der Waals surface area contributed by atoms with Crippen molar-refractivity contribution in [3.05, 3.63) is 71.2 Å². The van der Waals surface area contributed by atoms with E-state index in [9.17, 15) is 9.90 Å². The standard InChI is InChI=1S/C35H41ClN4O5/c1-35(2,31(42)6-5-15-40(3)4)37-18-21-7-9-22(10-8-21)23-11-13-24(14-12-23)25-16-27-28(17-26(25)36)39-34(38-27)45-30-20-44-32-29(41)19-43-33(30)32/h7-14,16-17,29-30,32-33,37,41H,5-6,15,18-20H2,1-4H3,(H,38,39)/t29-,30-,32-,33-/m1/s1. The molecule has 3 aromatic carbocycles. The van der Waals surface area contributed by atoms with E-state index >= 15 is 0 Å². The molecule has 6 rings (SSSR count). The zero-order valence-electron chi connectivity index (χ0n) is 26.2.